The molecule has 0 spiro atoms. The molecule has 1 rings (SSSR count). The van der Waals surface area contributed by atoms with Crippen molar-refractivity contribution < 1.29 is 24.5 Å². The maximum atomic E-state index is 13.3. The van der Waals surface area contributed by atoms with Gasteiger partial charge in [-0.05, 0) is 18.2 Å². The van der Waals surface area contributed by atoms with Crippen LogP contribution in [0.4, 0.5) is 4.39 Å². The minimum absolute atomic E-state index is 0.203. The third-order valence-electron chi connectivity index (χ3n) is 2.22. The maximum absolute atomic E-state index is 13.3. The van der Waals surface area contributed by atoms with Gasteiger partial charge in [0.15, 0.2) is 0 Å². The molecule has 0 aliphatic rings. The highest BCUT2D eigenvalue weighted by Crippen LogP contribution is 2.24. The van der Waals surface area contributed by atoms with Crippen LogP contribution in [-0.4, -0.2) is 33.9 Å². The van der Waals surface area contributed by atoms with Gasteiger partial charge in [0, 0.05) is 19.0 Å². The molecule has 0 aromatic heterocycles. The molecule has 2 atom stereocenters. The van der Waals surface area contributed by atoms with Crippen LogP contribution in [0.5, 0.6) is 5.75 Å². The number of carbonyl (C=O) groups excluding carboxylic acids is 1. The average molecular weight is 243 g/mol. The predicted octanol–water partition coefficient (Wildman–Crippen LogP) is 0.0617. The number of phenols is 1. The van der Waals surface area contributed by atoms with Crippen LogP contribution in [0.2, 0.25) is 0 Å². The van der Waals surface area contributed by atoms with Gasteiger partial charge in [0.1, 0.15) is 23.8 Å². The van der Waals surface area contributed by atoms with Gasteiger partial charge in [-0.3, -0.25) is 4.79 Å². The largest absolute Gasteiger partial charge is 0.508 e. The Morgan fingerprint density at radius 1 is 1.47 bits per heavy atom. The Balaban J connectivity index is 2.77. The number of nitrogens with one attached hydrogen (secondary N) is 1. The summed E-state index contributed by atoms with van der Waals surface area (Å²) in [6.07, 6.45) is -2.87. The number of aromatic hydroxyl groups is 1. The fourth-order valence-corrected chi connectivity index (χ4v) is 1.32. The number of phenolic OH excluding ortho intramolecular Hbond substituents is 1. The minimum Gasteiger partial charge on any atom is -0.508 e. The van der Waals surface area contributed by atoms with Crippen molar-refractivity contribution in [2.75, 3.05) is 6.54 Å². The Morgan fingerprint density at radius 3 is 2.71 bits per heavy atom. The van der Waals surface area contributed by atoms with Gasteiger partial charge >= 0.3 is 0 Å². The molecule has 0 bridgehead atoms. The normalized spacial score (nSPS) is 14.1. The van der Waals surface area contributed by atoms with Gasteiger partial charge in [-0.25, -0.2) is 4.39 Å². The molecule has 0 saturated carbocycles. The molecule has 0 fully saturated rings. The molecule has 1 amide bonds. The first-order chi connectivity index (χ1) is 7.91. The lowest BCUT2D eigenvalue weighted by Crippen LogP contribution is -2.34. The molecule has 2 unspecified atom stereocenters. The van der Waals surface area contributed by atoms with Crippen molar-refractivity contribution in [1.82, 2.24) is 5.32 Å². The Bertz CT molecular complexity index is 410. The maximum Gasteiger partial charge on any atom is 0.216 e. The number of rotatable bonds is 4. The fourth-order valence-electron chi connectivity index (χ4n) is 1.32. The van der Waals surface area contributed by atoms with Crippen LogP contribution in [0, 0.1) is 5.82 Å². The molecule has 6 heteroatoms. The topological polar surface area (TPSA) is 89.8 Å². The van der Waals surface area contributed by atoms with Gasteiger partial charge in [0.25, 0.3) is 0 Å². The average Bonchev–Trinajstić information content (AvgIpc) is 2.28. The standard InChI is InChI=1S/C11H14FNO4/c1-6(14)13-5-10(16)11(17)8-4-7(15)2-3-9(8)12/h2-4,10-11,15-17H,5H2,1H3,(H,13,14). The molecule has 4 N–H and O–H groups in total. The number of hydrogen-bond acceptors (Lipinski definition) is 4. The Kier molecular flexibility index (Phi) is 4.42. The molecule has 94 valence electrons. The van der Waals surface area contributed by atoms with Crippen LogP contribution in [0.3, 0.4) is 0 Å². The third-order valence-corrected chi connectivity index (χ3v) is 2.22. The number of aliphatic hydroxyl groups is 2. The summed E-state index contributed by atoms with van der Waals surface area (Å²) in [5.74, 6) is -1.32. The van der Waals surface area contributed by atoms with E-state index in [4.69, 9.17) is 5.11 Å². The predicted molar refractivity (Wildman–Crippen MR) is 57.7 cm³/mol. The zero-order valence-corrected chi connectivity index (χ0v) is 9.22. The van der Waals surface area contributed by atoms with Crippen molar-refractivity contribution in [2.45, 2.75) is 19.1 Å². The van der Waals surface area contributed by atoms with E-state index in [0.29, 0.717) is 0 Å². The third kappa shape index (κ3) is 3.69. The van der Waals surface area contributed by atoms with Gasteiger partial charge in [-0.15, -0.1) is 0 Å². The number of amides is 1. The van der Waals surface area contributed by atoms with E-state index >= 15 is 0 Å². The number of benzene rings is 1. The number of aliphatic hydroxyl groups excluding tert-OH is 2. The van der Waals surface area contributed by atoms with Crippen molar-refractivity contribution in [2.24, 2.45) is 0 Å². The van der Waals surface area contributed by atoms with E-state index in [1.165, 1.54) is 6.92 Å². The van der Waals surface area contributed by atoms with Crippen molar-refractivity contribution in [1.29, 1.82) is 0 Å². The second-order valence-electron chi connectivity index (χ2n) is 3.66. The van der Waals surface area contributed by atoms with Crippen LogP contribution in [-0.2, 0) is 4.79 Å². The number of halogens is 1. The van der Waals surface area contributed by atoms with E-state index in [2.05, 4.69) is 5.32 Å². The first-order valence-corrected chi connectivity index (χ1v) is 5.00. The highest BCUT2D eigenvalue weighted by Gasteiger charge is 2.22. The highest BCUT2D eigenvalue weighted by atomic mass is 19.1. The van der Waals surface area contributed by atoms with Crippen molar-refractivity contribution in [3.63, 3.8) is 0 Å². The summed E-state index contributed by atoms with van der Waals surface area (Å²) in [7, 11) is 0. The van der Waals surface area contributed by atoms with Crippen LogP contribution in [0.15, 0.2) is 18.2 Å². The molecule has 1 aromatic rings. The van der Waals surface area contributed by atoms with E-state index in [1.807, 2.05) is 0 Å². The van der Waals surface area contributed by atoms with Crippen molar-refractivity contribution in [3.05, 3.63) is 29.6 Å². The van der Waals surface area contributed by atoms with Gasteiger partial charge in [0.05, 0.1) is 0 Å². The SMILES string of the molecule is CC(=O)NCC(O)C(O)c1cc(O)ccc1F. The molecule has 0 heterocycles. The highest BCUT2D eigenvalue weighted by molar-refractivity contribution is 5.72. The minimum atomic E-state index is -1.52. The zero-order valence-electron chi connectivity index (χ0n) is 9.22. The molecule has 5 nitrogen and oxygen atoms in total. The Hall–Kier alpha value is -1.66. The number of hydrogen-bond donors (Lipinski definition) is 4. The van der Waals surface area contributed by atoms with E-state index in [0.717, 1.165) is 18.2 Å². The molecule has 0 radical (unpaired) electrons. The summed E-state index contributed by atoms with van der Waals surface area (Å²) in [6, 6.07) is 3.14. The van der Waals surface area contributed by atoms with E-state index in [1.54, 1.807) is 0 Å². The second-order valence-corrected chi connectivity index (χ2v) is 3.66. The summed E-state index contributed by atoms with van der Waals surface area (Å²) >= 11 is 0. The summed E-state index contributed by atoms with van der Waals surface area (Å²) < 4.78 is 13.3. The lowest BCUT2D eigenvalue weighted by atomic mass is 10.0. The molecule has 0 saturated heterocycles. The molecule has 0 aliphatic carbocycles. The molecule has 0 aliphatic heterocycles. The van der Waals surface area contributed by atoms with E-state index in [9.17, 15) is 19.4 Å². The van der Waals surface area contributed by atoms with Crippen molar-refractivity contribution >= 4 is 5.91 Å². The van der Waals surface area contributed by atoms with Gasteiger partial charge in [-0.2, -0.15) is 0 Å². The monoisotopic (exact) mass is 243 g/mol. The lowest BCUT2D eigenvalue weighted by Gasteiger charge is -2.18. The second kappa shape index (κ2) is 5.60. The zero-order chi connectivity index (χ0) is 13.0. The Morgan fingerprint density at radius 2 is 2.12 bits per heavy atom. The summed E-state index contributed by atoms with van der Waals surface area (Å²) in [5, 5.41) is 30.6. The van der Waals surface area contributed by atoms with E-state index < -0.39 is 18.0 Å². The molecule has 17 heavy (non-hydrogen) atoms. The van der Waals surface area contributed by atoms with Gasteiger partial charge in [0.2, 0.25) is 5.91 Å². The van der Waals surface area contributed by atoms with E-state index in [-0.39, 0.29) is 23.8 Å². The van der Waals surface area contributed by atoms with Crippen molar-refractivity contribution in [3.8, 4) is 5.75 Å². The van der Waals surface area contributed by atoms with Crippen LogP contribution in [0.1, 0.15) is 18.6 Å². The lowest BCUT2D eigenvalue weighted by molar-refractivity contribution is -0.119. The van der Waals surface area contributed by atoms with Gasteiger partial charge < -0.3 is 20.6 Å². The molecular formula is C11H14FNO4. The quantitative estimate of drug-likeness (QED) is 0.602. The van der Waals surface area contributed by atoms with Crippen LogP contribution < -0.4 is 5.32 Å². The Labute approximate surface area is 97.5 Å². The first-order valence-electron chi connectivity index (χ1n) is 5.00. The first kappa shape index (κ1) is 13.4. The summed E-state index contributed by atoms with van der Waals surface area (Å²) in [5.41, 5.74) is -0.220. The summed E-state index contributed by atoms with van der Waals surface area (Å²) in [6.45, 7) is 1.06. The summed E-state index contributed by atoms with van der Waals surface area (Å²) in [4.78, 5) is 10.6. The smallest absolute Gasteiger partial charge is 0.216 e. The molecular weight excluding hydrogens is 229 g/mol. The number of carbonyl (C=O) groups is 1. The van der Waals surface area contributed by atoms with Crippen LogP contribution >= 0.6 is 0 Å². The molecule has 1 aromatic carbocycles. The van der Waals surface area contributed by atoms with Gasteiger partial charge in [-0.1, -0.05) is 0 Å². The fraction of sp³-hybridized carbons (Fsp3) is 0.364. The van der Waals surface area contributed by atoms with Crippen LogP contribution in [0.25, 0.3) is 0 Å².